The summed E-state index contributed by atoms with van der Waals surface area (Å²) in [6, 6.07) is 0.268. The Morgan fingerprint density at radius 3 is 3.00 bits per heavy atom. The Bertz CT molecular complexity index is 271. The Hall–Kier alpha value is -0.450. The third-order valence-electron chi connectivity index (χ3n) is 2.27. The van der Waals surface area contributed by atoms with Gasteiger partial charge in [-0.15, -0.1) is 11.3 Å². The SMILES string of the molecule is Cc1ncc(C2CNCC2N)s1. The summed E-state index contributed by atoms with van der Waals surface area (Å²) in [6.07, 6.45) is 1.96. The quantitative estimate of drug-likeness (QED) is 0.665. The van der Waals surface area contributed by atoms with E-state index in [-0.39, 0.29) is 6.04 Å². The Morgan fingerprint density at radius 1 is 1.67 bits per heavy atom. The fourth-order valence-electron chi connectivity index (χ4n) is 1.56. The molecule has 4 heteroatoms. The van der Waals surface area contributed by atoms with Crippen molar-refractivity contribution >= 4 is 11.3 Å². The second-order valence-electron chi connectivity index (χ2n) is 3.21. The van der Waals surface area contributed by atoms with Gasteiger partial charge in [0.15, 0.2) is 0 Å². The van der Waals surface area contributed by atoms with Crippen molar-refractivity contribution in [3.8, 4) is 0 Å². The molecular formula is C8H13N3S. The molecule has 0 radical (unpaired) electrons. The molecule has 66 valence electrons. The topological polar surface area (TPSA) is 50.9 Å². The summed E-state index contributed by atoms with van der Waals surface area (Å²) in [6.45, 7) is 3.96. The van der Waals surface area contributed by atoms with E-state index in [9.17, 15) is 0 Å². The highest BCUT2D eigenvalue weighted by molar-refractivity contribution is 7.11. The van der Waals surface area contributed by atoms with Crippen molar-refractivity contribution in [2.75, 3.05) is 13.1 Å². The lowest BCUT2D eigenvalue weighted by atomic mass is 10.0. The van der Waals surface area contributed by atoms with Crippen molar-refractivity contribution in [2.45, 2.75) is 18.9 Å². The number of nitrogens with one attached hydrogen (secondary N) is 1. The van der Waals surface area contributed by atoms with Gasteiger partial charge >= 0.3 is 0 Å². The highest BCUT2D eigenvalue weighted by atomic mass is 32.1. The van der Waals surface area contributed by atoms with Gasteiger partial charge in [0.1, 0.15) is 0 Å². The van der Waals surface area contributed by atoms with Crippen molar-refractivity contribution in [3.05, 3.63) is 16.1 Å². The first-order chi connectivity index (χ1) is 5.77. The van der Waals surface area contributed by atoms with Crippen LogP contribution in [0.25, 0.3) is 0 Å². The second kappa shape index (κ2) is 3.12. The number of aryl methyl sites for hydroxylation is 1. The second-order valence-corrected chi connectivity index (χ2v) is 4.48. The normalized spacial score (nSPS) is 29.5. The van der Waals surface area contributed by atoms with Crippen LogP contribution in [0.1, 0.15) is 15.8 Å². The minimum atomic E-state index is 0.268. The van der Waals surface area contributed by atoms with E-state index in [1.807, 2.05) is 13.1 Å². The van der Waals surface area contributed by atoms with Crippen molar-refractivity contribution in [3.63, 3.8) is 0 Å². The lowest BCUT2D eigenvalue weighted by molar-refractivity contribution is 0.662. The summed E-state index contributed by atoms with van der Waals surface area (Å²) in [7, 11) is 0. The van der Waals surface area contributed by atoms with Crippen LogP contribution in [0.3, 0.4) is 0 Å². The lowest BCUT2D eigenvalue weighted by Gasteiger charge is -2.10. The number of nitrogens with two attached hydrogens (primary N) is 1. The van der Waals surface area contributed by atoms with E-state index >= 15 is 0 Å². The minimum absolute atomic E-state index is 0.268. The van der Waals surface area contributed by atoms with Crippen LogP contribution >= 0.6 is 11.3 Å². The van der Waals surface area contributed by atoms with E-state index in [1.54, 1.807) is 11.3 Å². The van der Waals surface area contributed by atoms with E-state index in [0.717, 1.165) is 18.1 Å². The Balaban J connectivity index is 2.19. The molecule has 0 aromatic carbocycles. The summed E-state index contributed by atoms with van der Waals surface area (Å²) in [5.74, 6) is 0.483. The predicted molar refractivity (Wildman–Crippen MR) is 50.4 cm³/mol. The molecule has 1 aliphatic rings. The van der Waals surface area contributed by atoms with Crippen LogP contribution in [-0.4, -0.2) is 24.1 Å². The van der Waals surface area contributed by atoms with Crippen LogP contribution in [-0.2, 0) is 0 Å². The molecule has 1 aromatic heterocycles. The lowest BCUT2D eigenvalue weighted by Crippen LogP contribution is -2.27. The number of hydrogen-bond acceptors (Lipinski definition) is 4. The van der Waals surface area contributed by atoms with Crippen molar-refractivity contribution < 1.29 is 0 Å². The summed E-state index contributed by atoms with van der Waals surface area (Å²) in [4.78, 5) is 5.55. The zero-order chi connectivity index (χ0) is 8.55. The first-order valence-corrected chi connectivity index (χ1v) is 4.97. The molecule has 3 N–H and O–H groups in total. The number of hydrogen-bond donors (Lipinski definition) is 2. The van der Waals surface area contributed by atoms with Crippen LogP contribution in [0.2, 0.25) is 0 Å². The first-order valence-electron chi connectivity index (χ1n) is 4.16. The maximum absolute atomic E-state index is 5.94. The molecule has 0 saturated carbocycles. The Kier molecular flexibility index (Phi) is 2.12. The number of rotatable bonds is 1. The van der Waals surface area contributed by atoms with Gasteiger partial charge in [-0.25, -0.2) is 4.98 Å². The smallest absolute Gasteiger partial charge is 0.0896 e. The Labute approximate surface area is 76.0 Å². The van der Waals surface area contributed by atoms with Gasteiger partial charge in [0, 0.05) is 36.1 Å². The molecule has 1 aliphatic heterocycles. The minimum Gasteiger partial charge on any atom is -0.326 e. The van der Waals surface area contributed by atoms with Crippen LogP contribution in [0.15, 0.2) is 6.20 Å². The molecule has 1 fully saturated rings. The summed E-state index contributed by atoms with van der Waals surface area (Å²) < 4.78 is 0. The molecule has 1 aromatic rings. The van der Waals surface area contributed by atoms with Crippen molar-refractivity contribution in [1.29, 1.82) is 0 Å². The fourth-order valence-corrected chi connectivity index (χ4v) is 2.52. The van der Waals surface area contributed by atoms with Gasteiger partial charge in [-0.3, -0.25) is 0 Å². The molecule has 0 spiro atoms. The molecule has 2 atom stereocenters. The van der Waals surface area contributed by atoms with Crippen LogP contribution < -0.4 is 11.1 Å². The van der Waals surface area contributed by atoms with Crippen molar-refractivity contribution in [2.24, 2.45) is 5.73 Å². The highest BCUT2D eigenvalue weighted by Gasteiger charge is 2.26. The predicted octanol–water partition coefficient (Wildman–Crippen LogP) is 0.466. The maximum Gasteiger partial charge on any atom is 0.0896 e. The van der Waals surface area contributed by atoms with Crippen molar-refractivity contribution in [1.82, 2.24) is 10.3 Å². The van der Waals surface area contributed by atoms with Crippen LogP contribution in [0.4, 0.5) is 0 Å². The van der Waals surface area contributed by atoms with Gasteiger partial charge in [-0.1, -0.05) is 0 Å². The van der Waals surface area contributed by atoms with E-state index in [0.29, 0.717) is 5.92 Å². The van der Waals surface area contributed by atoms with Crippen LogP contribution in [0, 0.1) is 6.92 Å². The van der Waals surface area contributed by atoms with Gasteiger partial charge in [0.05, 0.1) is 5.01 Å². The van der Waals surface area contributed by atoms with Gasteiger partial charge < -0.3 is 11.1 Å². The molecule has 12 heavy (non-hydrogen) atoms. The third kappa shape index (κ3) is 1.37. The standard InChI is InChI=1S/C8H13N3S/c1-5-11-4-8(12-5)6-2-10-3-7(6)9/h4,6-7,10H,2-3,9H2,1H3. The largest absolute Gasteiger partial charge is 0.326 e. The summed E-state index contributed by atoms with van der Waals surface area (Å²) in [5, 5.41) is 4.41. The first kappa shape index (κ1) is 8.16. The van der Waals surface area contributed by atoms with E-state index in [1.165, 1.54) is 4.88 Å². The zero-order valence-electron chi connectivity index (χ0n) is 7.08. The van der Waals surface area contributed by atoms with Gasteiger partial charge in [0.25, 0.3) is 0 Å². The summed E-state index contributed by atoms with van der Waals surface area (Å²) in [5.41, 5.74) is 5.94. The number of thiazole rings is 1. The van der Waals surface area contributed by atoms with Gasteiger partial charge in [0.2, 0.25) is 0 Å². The van der Waals surface area contributed by atoms with E-state index in [2.05, 4.69) is 10.3 Å². The van der Waals surface area contributed by atoms with Gasteiger partial charge in [-0.2, -0.15) is 0 Å². The zero-order valence-corrected chi connectivity index (χ0v) is 7.90. The van der Waals surface area contributed by atoms with Crippen LogP contribution in [0.5, 0.6) is 0 Å². The molecule has 1 saturated heterocycles. The monoisotopic (exact) mass is 183 g/mol. The average molecular weight is 183 g/mol. The van der Waals surface area contributed by atoms with Gasteiger partial charge in [-0.05, 0) is 6.92 Å². The third-order valence-corrected chi connectivity index (χ3v) is 3.31. The molecule has 2 heterocycles. The molecule has 2 rings (SSSR count). The number of nitrogens with zero attached hydrogens (tertiary/aromatic N) is 1. The fraction of sp³-hybridized carbons (Fsp3) is 0.625. The summed E-state index contributed by atoms with van der Waals surface area (Å²) >= 11 is 1.76. The molecule has 3 nitrogen and oxygen atoms in total. The average Bonchev–Trinajstić information content (AvgIpc) is 2.58. The maximum atomic E-state index is 5.94. The van der Waals surface area contributed by atoms with E-state index < -0.39 is 0 Å². The molecule has 2 unspecified atom stereocenters. The van der Waals surface area contributed by atoms with E-state index in [4.69, 9.17) is 5.73 Å². The highest BCUT2D eigenvalue weighted by Crippen LogP contribution is 2.26. The number of aromatic nitrogens is 1. The Morgan fingerprint density at radius 2 is 2.50 bits per heavy atom. The molecule has 0 bridgehead atoms. The molecule has 0 amide bonds. The molecule has 0 aliphatic carbocycles. The molecular weight excluding hydrogens is 170 g/mol.